The molecule has 0 aliphatic carbocycles. The number of nitrogens with one attached hydrogen (secondary N) is 2. The molecule has 0 aliphatic heterocycles. The van der Waals surface area contributed by atoms with Crippen LogP contribution in [0.25, 0.3) is 10.8 Å². The van der Waals surface area contributed by atoms with Crippen molar-refractivity contribution in [2.75, 3.05) is 6.54 Å². The van der Waals surface area contributed by atoms with Crippen LogP contribution in [-0.4, -0.2) is 33.9 Å². The molecule has 2 heterocycles. The Hall–Kier alpha value is -3.28. The van der Waals surface area contributed by atoms with Gasteiger partial charge in [0.2, 0.25) is 0 Å². The SMILES string of the molecule is Cc1ccncc1C(=O)NC(C)(C)CNC(=O)c1cccc2cnccc12. The van der Waals surface area contributed by atoms with Crippen molar-refractivity contribution < 1.29 is 9.59 Å². The molecule has 0 saturated carbocycles. The van der Waals surface area contributed by atoms with Crippen LogP contribution < -0.4 is 10.6 Å². The number of rotatable bonds is 5. The van der Waals surface area contributed by atoms with Gasteiger partial charge in [0, 0.05) is 42.3 Å². The number of amides is 2. The lowest BCUT2D eigenvalue weighted by molar-refractivity contribution is 0.0881. The maximum Gasteiger partial charge on any atom is 0.253 e. The van der Waals surface area contributed by atoms with Gasteiger partial charge >= 0.3 is 0 Å². The number of hydrogen-bond donors (Lipinski definition) is 2. The van der Waals surface area contributed by atoms with Gasteiger partial charge in [-0.2, -0.15) is 0 Å². The summed E-state index contributed by atoms with van der Waals surface area (Å²) in [4.78, 5) is 33.2. The van der Waals surface area contributed by atoms with E-state index in [9.17, 15) is 9.59 Å². The minimum absolute atomic E-state index is 0.188. The Labute approximate surface area is 158 Å². The maximum atomic E-state index is 12.7. The number of hydrogen-bond acceptors (Lipinski definition) is 4. The van der Waals surface area contributed by atoms with Crippen molar-refractivity contribution in [3.63, 3.8) is 0 Å². The van der Waals surface area contributed by atoms with E-state index in [-0.39, 0.29) is 11.8 Å². The summed E-state index contributed by atoms with van der Waals surface area (Å²) in [5.41, 5.74) is 1.34. The molecule has 3 aromatic rings. The van der Waals surface area contributed by atoms with Gasteiger partial charge in [0.25, 0.3) is 11.8 Å². The fourth-order valence-corrected chi connectivity index (χ4v) is 2.84. The summed E-state index contributed by atoms with van der Waals surface area (Å²) in [5, 5.41) is 7.62. The second-order valence-corrected chi connectivity index (χ2v) is 7.11. The van der Waals surface area contributed by atoms with E-state index < -0.39 is 5.54 Å². The van der Waals surface area contributed by atoms with Crippen molar-refractivity contribution in [1.82, 2.24) is 20.6 Å². The molecule has 0 saturated heterocycles. The molecule has 2 amide bonds. The van der Waals surface area contributed by atoms with Crippen LogP contribution in [0.15, 0.2) is 55.1 Å². The highest BCUT2D eigenvalue weighted by molar-refractivity contribution is 6.06. The van der Waals surface area contributed by atoms with Crippen LogP contribution in [0.3, 0.4) is 0 Å². The Morgan fingerprint density at radius 2 is 1.70 bits per heavy atom. The number of nitrogens with zero attached hydrogens (tertiary/aromatic N) is 2. The molecule has 27 heavy (non-hydrogen) atoms. The lowest BCUT2D eigenvalue weighted by Crippen LogP contribution is -2.51. The summed E-state index contributed by atoms with van der Waals surface area (Å²) in [7, 11) is 0. The summed E-state index contributed by atoms with van der Waals surface area (Å²) in [6.45, 7) is 5.88. The summed E-state index contributed by atoms with van der Waals surface area (Å²) in [5.74, 6) is -0.400. The minimum Gasteiger partial charge on any atom is -0.350 e. The first kappa shape index (κ1) is 18.5. The van der Waals surface area contributed by atoms with Gasteiger partial charge in [0.15, 0.2) is 0 Å². The zero-order valence-electron chi connectivity index (χ0n) is 15.6. The Balaban J connectivity index is 1.68. The van der Waals surface area contributed by atoms with Crippen LogP contribution >= 0.6 is 0 Å². The third kappa shape index (κ3) is 4.28. The standard InChI is InChI=1S/C21H22N4O2/c1-14-7-9-23-12-18(14)20(27)25-21(2,3)13-24-19(26)17-6-4-5-15-11-22-10-8-16(15)17/h4-12H,13H2,1-3H3,(H,24,26)(H,25,27). The smallest absolute Gasteiger partial charge is 0.253 e. The average molecular weight is 362 g/mol. The van der Waals surface area contributed by atoms with E-state index >= 15 is 0 Å². The van der Waals surface area contributed by atoms with Gasteiger partial charge in [-0.3, -0.25) is 19.6 Å². The monoisotopic (exact) mass is 362 g/mol. The first-order valence-electron chi connectivity index (χ1n) is 8.71. The van der Waals surface area contributed by atoms with Crippen LogP contribution in [0.2, 0.25) is 0 Å². The van der Waals surface area contributed by atoms with Crippen molar-refractivity contribution in [2.24, 2.45) is 0 Å². The first-order chi connectivity index (χ1) is 12.9. The lowest BCUT2D eigenvalue weighted by atomic mass is 10.0. The molecule has 0 unspecified atom stereocenters. The number of carbonyl (C=O) groups is 2. The Morgan fingerprint density at radius 3 is 2.48 bits per heavy atom. The molecular formula is C21H22N4O2. The van der Waals surface area contributed by atoms with Gasteiger partial charge in [0.1, 0.15) is 0 Å². The normalized spacial score (nSPS) is 11.2. The molecule has 0 fully saturated rings. The molecule has 138 valence electrons. The quantitative estimate of drug-likeness (QED) is 0.731. The van der Waals surface area contributed by atoms with Gasteiger partial charge in [0.05, 0.1) is 11.1 Å². The summed E-state index contributed by atoms with van der Waals surface area (Å²) in [6, 6.07) is 9.14. The molecule has 3 rings (SSSR count). The summed E-state index contributed by atoms with van der Waals surface area (Å²) < 4.78 is 0. The molecule has 1 aromatic carbocycles. The molecule has 0 atom stereocenters. The number of pyridine rings is 2. The van der Waals surface area contributed by atoms with Crippen molar-refractivity contribution in [3.8, 4) is 0 Å². The van der Waals surface area contributed by atoms with E-state index in [1.807, 2.05) is 39.0 Å². The number of fused-ring (bicyclic) bond motifs is 1. The van der Waals surface area contributed by atoms with Gasteiger partial charge in [-0.25, -0.2) is 0 Å². The highest BCUT2D eigenvalue weighted by atomic mass is 16.2. The summed E-state index contributed by atoms with van der Waals surface area (Å²) in [6.07, 6.45) is 6.59. The molecule has 0 spiro atoms. The van der Waals surface area contributed by atoms with Gasteiger partial charge in [-0.05, 0) is 49.9 Å². The Kier molecular flexibility index (Phi) is 5.16. The average Bonchev–Trinajstić information content (AvgIpc) is 2.65. The second-order valence-electron chi connectivity index (χ2n) is 7.11. The Morgan fingerprint density at radius 1 is 0.963 bits per heavy atom. The third-order valence-corrected chi connectivity index (χ3v) is 4.35. The number of carbonyl (C=O) groups excluding carboxylic acids is 2. The van der Waals surface area contributed by atoms with Crippen LogP contribution in [0, 0.1) is 6.92 Å². The van der Waals surface area contributed by atoms with E-state index in [1.54, 1.807) is 36.9 Å². The zero-order valence-corrected chi connectivity index (χ0v) is 15.6. The predicted octanol–water partition coefficient (Wildman–Crippen LogP) is 2.88. The molecule has 6 nitrogen and oxygen atoms in total. The van der Waals surface area contributed by atoms with E-state index in [0.29, 0.717) is 17.7 Å². The Bertz CT molecular complexity index is 993. The first-order valence-corrected chi connectivity index (χ1v) is 8.71. The summed E-state index contributed by atoms with van der Waals surface area (Å²) >= 11 is 0. The second kappa shape index (κ2) is 7.53. The molecule has 6 heteroatoms. The van der Waals surface area contributed by atoms with Crippen molar-refractivity contribution in [3.05, 3.63) is 71.8 Å². The predicted molar refractivity (Wildman–Crippen MR) is 105 cm³/mol. The zero-order chi connectivity index (χ0) is 19.4. The molecule has 2 aromatic heterocycles. The van der Waals surface area contributed by atoms with Crippen molar-refractivity contribution >= 4 is 22.6 Å². The van der Waals surface area contributed by atoms with Gasteiger partial charge in [-0.1, -0.05) is 12.1 Å². The fraction of sp³-hybridized carbons (Fsp3) is 0.238. The van der Waals surface area contributed by atoms with E-state index in [4.69, 9.17) is 0 Å². The molecule has 0 bridgehead atoms. The lowest BCUT2D eigenvalue weighted by Gasteiger charge is -2.27. The van der Waals surface area contributed by atoms with E-state index in [0.717, 1.165) is 16.3 Å². The number of benzene rings is 1. The van der Waals surface area contributed by atoms with Crippen molar-refractivity contribution in [2.45, 2.75) is 26.3 Å². The highest BCUT2D eigenvalue weighted by Gasteiger charge is 2.23. The highest BCUT2D eigenvalue weighted by Crippen LogP contribution is 2.17. The van der Waals surface area contributed by atoms with E-state index in [1.165, 1.54) is 0 Å². The topological polar surface area (TPSA) is 84.0 Å². The van der Waals surface area contributed by atoms with Crippen LogP contribution in [0.1, 0.15) is 40.1 Å². The van der Waals surface area contributed by atoms with Crippen LogP contribution in [-0.2, 0) is 0 Å². The van der Waals surface area contributed by atoms with Crippen molar-refractivity contribution in [1.29, 1.82) is 0 Å². The van der Waals surface area contributed by atoms with E-state index in [2.05, 4.69) is 20.6 Å². The maximum absolute atomic E-state index is 12.7. The minimum atomic E-state index is -0.624. The molecule has 2 N–H and O–H groups in total. The van der Waals surface area contributed by atoms with Crippen LogP contribution in [0.4, 0.5) is 0 Å². The molecular weight excluding hydrogens is 340 g/mol. The number of aryl methyl sites for hydroxylation is 1. The fourth-order valence-electron chi connectivity index (χ4n) is 2.84. The third-order valence-electron chi connectivity index (χ3n) is 4.35. The molecule has 0 aliphatic rings. The van der Waals surface area contributed by atoms with Crippen LogP contribution in [0.5, 0.6) is 0 Å². The number of aromatic nitrogens is 2. The van der Waals surface area contributed by atoms with Gasteiger partial charge < -0.3 is 10.6 Å². The molecule has 0 radical (unpaired) electrons. The van der Waals surface area contributed by atoms with Gasteiger partial charge in [-0.15, -0.1) is 0 Å². The largest absolute Gasteiger partial charge is 0.350 e.